The quantitative estimate of drug-likeness (QED) is 0.822. The van der Waals surface area contributed by atoms with Crippen molar-refractivity contribution < 1.29 is 14.3 Å². The summed E-state index contributed by atoms with van der Waals surface area (Å²) < 4.78 is 11.9. The minimum absolute atomic E-state index is 0.0222. The van der Waals surface area contributed by atoms with Gasteiger partial charge in [0, 0.05) is 51.6 Å². The maximum Gasteiger partial charge on any atom is 0.248 e. The molecule has 3 heterocycles. The number of ether oxygens (including phenoxy) is 2. The van der Waals surface area contributed by atoms with Gasteiger partial charge in [-0.2, -0.15) is 0 Å². The third-order valence-corrected chi connectivity index (χ3v) is 5.76. The van der Waals surface area contributed by atoms with Crippen LogP contribution in [-0.2, 0) is 20.8 Å². The van der Waals surface area contributed by atoms with Crippen LogP contribution in [0, 0.1) is 6.92 Å². The number of nitrogens with zero attached hydrogens (tertiary/aromatic N) is 2. The lowest BCUT2D eigenvalue weighted by Gasteiger charge is -2.53. The molecule has 1 spiro atoms. The lowest BCUT2D eigenvalue weighted by Crippen LogP contribution is -2.65. The summed E-state index contributed by atoms with van der Waals surface area (Å²) in [5, 5.41) is 2.16. The number of likely N-dealkylation sites (N-methyl/N-ethyl adjacent to an activating group) is 1. The molecule has 1 aromatic heterocycles. The van der Waals surface area contributed by atoms with Crippen LogP contribution in [0.5, 0.6) is 0 Å². The highest BCUT2D eigenvalue weighted by Gasteiger charge is 2.47. The zero-order valence-electron chi connectivity index (χ0n) is 14.2. The van der Waals surface area contributed by atoms with Crippen LogP contribution in [-0.4, -0.2) is 67.8 Å². The Kier molecular flexibility index (Phi) is 5.06. The van der Waals surface area contributed by atoms with Crippen LogP contribution in [0.4, 0.5) is 0 Å². The number of hydrogen-bond acceptors (Lipinski definition) is 5. The highest BCUT2D eigenvalue weighted by atomic mass is 32.1. The number of amides is 1. The Hall–Kier alpha value is -0.950. The molecule has 0 saturated carbocycles. The van der Waals surface area contributed by atoms with Crippen LogP contribution < -0.4 is 0 Å². The smallest absolute Gasteiger partial charge is 0.248 e. The fraction of sp³-hybridized carbons (Fsp3) is 0.706. The monoisotopic (exact) mass is 338 g/mol. The first kappa shape index (κ1) is 16.9. The van der Waals surface area contributed by atoms with E-state index < -0.39 is 0 Å². The molecule has 0 aromatic carbocycles. The molecule has 0 N–H and O–H groups in total. The number of rotatable bonds is 5. The molecule has 2 fully saturated rings. The molecule has 3 rings (SSSR count). The number of likely N-dealkylation sites (tertiary alicyclic amines) is 1. The lowest BCUT2D eigenvalue weighted by molar-refractivity contribution is -0.199. The van der Waals surface area contributed by atoms with Gasteiger partial charge in [0.15, 0.2) is 0 Å². The van der Waals surface area contributed by atoms with Crippen molar-refractivity contribution in [1.29, 1.82) is 0 Å². The van der Waals surface area contributed by atoms with E-state index in [0.29, 0.717) is 0 Å². The fourth-order valence-corrected chi connectivity index (χ4v) is 4.26. The highest BCUT2D eigenvalue weighted by Crippen LogP contribution is 2.36. The van der Waals surface area contributed by atoms with Gasteiger partial charge in [-0.3, -0.25) is 9.69 Å². The molecular weight excluding hydrogens is 312 g/mol. The van der Waals surface area contributed by atoms with Gasteiger partial charge in [-0.05, 0) is 30.4 Å². The molecule has 128 valence electrons. The molecule has 0 aliphatic carbocycles. The van der Waals surface area contributed by atoms with Crippen molar-refractivity contribution in [2.45, 2.75) is 38.0 Å². The third kappa shape index (κ3) is 3.94. The Morgan fingerprint density at radius 2 is 2.30 bits per heavy atom. The van der Waals surface area contributed by atoms with Gasteiger partial charge in [0.25, 0.3) is 0 Å². The second kappa shape index (κ2) is 6.89. The summed E-state index contributed by atoms with van der Waals surface area (Å²) in [4.78, 5) is 17.1. The van der Waals surface area contributed by atoms with Gasteiger partial charge in [-0.15, -0.1) is 11.3 Å². The molecule has 0 bridgehead atoms. The van der Waals surface area contributed by atoms with E-state index in [4.69, 9.17) is 9.47 Å². The Morgan fingerprint density at radius 1 is 1.52 bits per heavy atom. The summed E-state index contributed by atoms with van der Waals surface area (Å²) in [7, 11) is 3.51. The van der Waals surface area contributed by atoms with E-state index in [-0.39, 0.29) is 24.2 Å². The molecule has 1 aromatic rings. The van der Waals surface area contributed by atoms with E-state index in [9.17, 15) is 4.79 Å². The first-order chi connectivity index (χ1) is 11.0. The second-order valence-corrected chi connectivity index (χ2v) is 7.92. The van der Waals surface area contributed by atoms with Gasteiger partial charge in [0.05, 0.1) is 11.7 Å². The first-order valence-corrected chi connectivity index (χ1v) is 9.06. The third-order valence-electron chi connectivity index (χ3n) is 4.75. The molecule has 0 unspecified atom stereocenters. The second-order valence-electron chi connectivity index (χ2n) is 6.92. The summed E-state index contributed by atoms with van der Waals surface area (Å²) in [6.07, 6.45) is 1.92. The summed E-state index contributed by atoms with van der Waals surface area (Å²) in [6.45, 7) is 6.01. The van der Waals surface area contributed by atoms with Crippen LogP contribution in [0.3, 0.4) is 0 Å². The van der Waals surface area contributed by atoms with Crippen molar-refractivity contribution in [3.63, 3.8) is 0 Å². The average molecular weight is 338 g/mol. The van der Waals surface area contributed by atoms with Crippen molar-refractivity contribution in [3.05, 3.63) is 21.9 Å². The van der Waals surface area contributed by atoms with E-state index in [0.717, 1.165) is 39.1 Å². The van der Waals surface area contributed by atoms with Crippen molar-refractivity contribution in [2.24, 2.45) is 0 Å². The molecule has 2 saturated heterocycles. The summed E-state index contributed by atoms with van der Waals surface area (Å²) >= 11 is 1.83. The standard InChI is InChI=1S/C17H26N2O3S/c1-13-5-7-23-15(13)9-19-11-17(12-19)8-14(4-6-22-17)21-10-16(20)18(2)3/h5,7,14H,4,6,8-12H2,1-3H3/t14-/m1/s1. The van der Waals surface area contributed by atoms with E-state index in [1.165, 1.54) is 10.4 Å². The average Bonchev–Trinajstić information content (AvgIpc) is 2.89. The lowest BCUT2D eigenvalue weighted by atomic mass is 9.84. The van der Waals surface area contributed by atoms with Crippen molar-refractivity contribution in [2.75, 3.05) is 40.4 Å². The minimum Gasteiger partial charge on any atom is -0.372 e. The van der Waals surface area contributed by atoms with Crippen LogP contribution in [0.2, 0.25) is 0 Å². The SMILES string of the molecule is Cc1ccsc1CN1CC2(C[C@H](OCC(=O)N(C)C)CCO2)C1. The Labute approximate surface area is 142 Å². The molecular formula is C17H26N2O3S. The van der Waals surface area contributed by atoms with E-state index >= 15 is 0 Å². The maximum atomic E-state index is 11.7. The van der Waals surface area contributed by atoms with Gasteiger partial charge in [-0.1, -0.05) is 0 Å². The topological polar surface area (TPSA) is 42.0 Å². The highest BCUT2D eigenvalue weighted by molar-refractivity contribution is 7.10. The zero-order chi connectivity index (χ0) is 16.4. The van der Waals surface area contributed by atoms with Crippen molar-refractivity contribution >= 4 is 17.2 Å². The molecule has 23 heavy (non-hydrogen) atoms. The normalized spacial score (nSPS) is 23.7. The number of carbonyl (C=O) groups is 1. The number of hydrogen-bond donors (Lipinski definition) is 0. The van der Waals surface area contributed by atoms with Crippen molar-refractivity contribution in [3.8, 4) is 0 Å². The predicted molar refractivity (Wildman–Crippen MR) is 90.7 cm³/mol. The van der Waals surface area contributed by atoms with Crippen LogP contribution in [0.1, 0.15) is 23.3 Å². The minimum atomic E-state index is -0.0603. The molecule has 5 nitrogen and oxygen atoms in total. The Morgan fingerprint density at radius 3 is 2.96 bits per heavy atom. The van der Waals surface area contributed by atoms with Gasteiger partial charge < -0.3 is 14.4 Å². The Balaban J connectivity index is 1.46. The van der Waals surface area contributed by atoms with Crippen LogP contribution >= 0.6 is 11.3 Å². The number of aryl methyl sites for hydroxylation is 1. The molecule has 1 amide bonds. The predicted octanol–water partition coefficient (Wildman–Crippen LogP) is 1.89. The zero-order valence-corrected chi connectivity index (χ0v) is 15.0. The largest absolute Gasteiger partial charge is 0.372 e. The van der Waals surface area contributed by atoms with Gasteiger partial charge in [0.2, 0.25) is 5.91 Å². The molecule has 2 aliphatic heterocycles. The number of carbonyl (C=O) groups excluding carboxylic acids is 1. The van der Waals surface area contributed by atoms with Gasteiger partial charge >= 0.3 is 0 Å². The van der Waals surface area contributed by atoms with Gasteiger partial charge in [-0.25, -0.2) is 0 Å². The van der Waals surface area contributed by atoms with Crippen molar-refractivity contribution in [1.82, 2.24) is 9.80 Å². The molecule has 1 atom stereocenters. The number of thiophene rings is 1. The fourth-order valence-electron chi connectivity index (χ4n) is 3.31. The first-order valence-electron chi connectivity index (χ1n) is 8.18. The van der Waals surface area contributed by atoms with Crippen LogP contribution in [0.15, 0.2) is 11.4 Å². The molecule has 2 aliphatic rings. The molecule has 0 radical (unpaired) electrons. The summed E-state index contributed by atoms with van der Waals surface area (Å²) in [5.41, 5.74) is 1.32. The van der Waals surface area contributed by atoms with Crippen LogP contribution in [0.25, 0.3) is 0 Å². The van der Waals surface area contributed by atoms with Gasteiger partial charge in [0.1, 0.15) is 6.61 Å². The van der Waals surface area contributed by atoms with E-state index in [1.54, 1.807) is 19.0 Å². The summed E-state index contributed by atoms with van der Waals surface area (Å²) in [5.74, 6) is 0.0222. The Bertz CT molecular complexity index is 552. The molecule has 6 heteroatoms. The summed E-state index contributed by atoms with van der Waals surface area (Å²) in [6, 6.07) is 2.18. The van der Waals surface area contributed by atoms with E-state index in [2.05, 4.69) is 23.3 Å². The maximum absolute atomic E-state index is 11.7. The van der Waals surface area contributed by atoms with E-state index in [1.807, 2.05) is 11.3 Å².